The van der Waals surface area contributed by atoms with Gasteiger partial charge in [-0.05, 0) is 80.0 Å². The van der Waals surface area contributed by atoms with E-state index in [4.69, 9.17) is 21.7 Å². The molecule has 3 aromatic rings. The van der Waals surface area contributed by atoms with Crippen LogP contribution in [-0.4, -0.2) is 66.4 Å². The maximum Gasteiger partial charge on any atom is 0.253 e. The van der Waals surface area contributed by atoms with Gasteiger partial charge in [-0.2, -0.15) is 0 Å². The van der Waals surface area contributed by atoms with E-state index in [-0.39, 0.29) is 5.56 Å². The molecule has 1 aliphatic heterocycles. The molecule has 2 N–H and O–H groups in total. The summed E-state index contributed by atoms with van der Waals surface area (Å²) >= 11 is 5.81. The summed E-state index contributed by atoms with van der Waals surface area (Å²) in [7, 11) is 1.65. The Hall–Kier alpha value is -2.94. The highest BCUT2D eigenvalue weighted by Crippen LogP contribution is 2.20. The van der Waals surface area contributed by atoms with Gasteiger partial charge in [-0.3, -0.25) is 9.69 Å². The van der Waals surface area contributed by atoms with E-state index in [1.165, 1.54) is 0 Å². The monoisotopic (exact) mass is 494 g/mol. The minimum atomic E-state index is -0.0760. The van der Waals surface area contributed by atoms with Crippen molar-refractivity contribution >= 4 is 33.9 Å². The van der Waals surface area contributed by atoms with E-state index in [1.807, 2.05) is 43.3 Å². The Balaban J connectivity index is 1.53. The summed E-state index contributed by atoms with van der Waals surface area (Å²) in [4.78, 5) is 20.6. The summed E-state index contributed by atoms with van der Waals surface area (Å²) in [6.07, 6.45) is 0.939. The zero-order valence-corrected chi connectivity index (χ0v) is 21.5. The molecule has 1 aliphatic rings. The van der Waals surface area contributed by atoms with Gasteiger partial charge in [-0.25, -0.2) is 0 Å². The first-order valence-corrected chi connectivity index (χ1v) is 12.5. The standard InChI is InChI=1S/C27H34N4O3S/c1-19-15-20(2)24-17-21(26(32)29-25(24)16-19)18-31(10-4-9-30-11-13-34-14-12-30)27(35)28-22-5-7-23(33-3)8-6-22/h5-8,15-17H,4,9-14,18H2,1-3H3,(H,28,35)(H,29,32). The molecular formula is C27H34N4O3S. The van der Waals surface area contributed by atoms with E-state index in [9.17, 15) is 4.79 Å². The van der Waals surface area contributed by atoms with Crippen molar-refractivity contribution in [2.45, 2.75) is 26.8 Å². The second kappa shape index (κ2) is 11.7. The van der Waals surface area contributed by atoms with Crippen LogP contribution in [0.4, 0.5) is 5.69 Å². The molecule has 35 heavy (non-hydrogen) atoms. The number of anilines is 1. The lowest BCUT2D eigenvalue weighted by molar-refractivity contribution is 0.0367. The molecule has 8 heteroatoms. The van der Waals surface area contributed by atoms with Crippen LogP contribution in [0.1, 0.15) is 23.1 Å². The fraction of sp³-hybridized carbons (Fsp3) is 0.407. The average molecular weight is 495 g/mol. The molecule has 0 aliphatic carbocycles. The number of hydrogen-bond acceptors (Lipinski definition) is 5. The second-order valence-electron chi connectivity index (χ2n) is 9.05. The summed E-state index contributed by atoms with van der Waals surface area (Å²) < 4.78 is 10.7. The van der Waals surface area contributed by atoms with Crippen molar-refractivity contribution in [2.24, 2.45) is 0 Å². The summed E-state index contributed by atoms with van der Waals surface area (Å²) in [5, 5.41) is 4.99. The van der Waals surface area contributed by atoms with Crippen LogP contribution >= 0.6 is 12.2 Å². The maximum absolute atomic E-state index is 13.0. The van der Waals surface area contributed by atoms with E-state index >= 15 is 0 Å². The van der Waals surface area contributed by atoms with E-state index in [1.54, 1.807) is 7.11 Å². The Bertz CT molecular complexity index is 1220. The number of hydrogen-bond donors (Lipinski definition) is 2. The van der Waals surface area contributed by atoms with Crippen molar-refractivity contribution in [2.75, 3.05) is 51.8 Å². The van der Waals surface area contributed by atoms with Crippen LogP contribution in [0.25, 0.3) is 10.9 Å². The number of methoxy groups -OCH3 is 1. The normalized spacial score (nSPS) is 14.1. The van der Waals surface area contributed by atoms with Crippen molar-refractivity contribution in [1.82, 2.24) is 14.8 Å². The molecule has 1 aromatic heterocycles. The van der Waals surface area contributed by atoms with Gasteiger partial charge in [-0.15, -0.1) is 0 Å². The van der Waals surface area contributed by atoms with Crippen LogP contribution in [-0.2, 0) is 11.3 Å². The third kappa shape index (κ3) is 6.60. The smallest absolute Gasteiger partial charge is 0.253 e. The number of H-pyrrole nitrogens is 1. The topological polar surface area (TPSA) is 69.8 Å². The number of benzene rings is 2. The highest BCUT2D eigenvalue weighted by atomic mass is 32.1. The maximum atomic E-state index is 13.0. The van der Waals surface area contributed by atoms with E-state index in [0.29, 0.717) is 17.2 Å². The minimum Gasteiger partial charge on any atom is -0.497 e. The Kier molecular flexibility index (Phi) is 8.38. The SMILES string of the molecule is COc1ccc(NC(=S)N(CCCN2CCOCC2)Cc2cc3c(C)cc(C)cc3[nH]c2=O)cc1. The molecule has 7 nitrogen and oxygen atoms in total. The molecule has 0 spiro atoms. The average Bonchev–Trinajstić information content (AvgIpc) is 2.85. The van der Waals surface area contributed by atoms with E-state index < -0.39 is 0 Å². The third-order valence-electron chi connectivity index (χ3n) is 6.39. The zero-order valence-electron chi connectivity index (χ0n) is 20.7. The number of thiocarbonyl (C=S) groups is 1. The Morgan fingerprint density at radius 2 is 1.91 bits per heavy atom. The van der Waals surface area contributed by atoms with Crippen molar-refractivity contribution < 1.29 is 9.47 Å². The molecule has 2 heterocycles. The first-order valence-electron chi connectivity index (χ1n) is 12.1. The second-order valence-corrected chi connectivity index (χ2v) is 9.44. The number of nitrogens with zero attached hydrogens (tertiary/aromatic N) is 2. The number of fused-ring (bicyclic) bond motifs is 1. The van der Waals surface area contributed by atoms with E-state index in [2.05, 4.69) is 33.1 Å². The molecule has 0 amide bonds. The molecule has 1 fully saturated rings. The largest absolute Gasteiger partial charge is 0.497 e. The van der Waals surface area contributed by atoms with Gasteiger partial charge in [0.05, 0.1) is 26.9 Å². The summed E-state index contributed by atoms with van der Waals surface area (Å²) in [6, 6.07) is 13.8. The van der Waals surface area contributed by atoms with Gasteiger partial charge in [0.15, 0.2) is 5.11 Å². The van der Waals surface area contributed by atoms with Crippen LogP contribution < -0.4 is 15.6 Å². The summed E-state index contributed by atoms with van der Waals surface area (Å²) in [6.45, 7) is 9.74. The molecule has 0 radical (unpaired) electrons. The molecule has 186 valence electrons. The lowest BCUT2D eigenvalue weighted by Crippen LogP contribution is -2.40. The number of aryl methyl sites for hydroxylation is 2. The van der Waals surface area contributed by atoms with Crippen molar-refractivity contribution in [3.05, 3.63) is 69.5 Å². The van der Waals surface area contributed by atoms with Crippen molar-refractivity contribution in [1.29, 1.82) is 0 Å². The van der Waals surface area contributed by atoms with E-state index in [0.717, 1.165) is 79.3 Å². The van der Waals surface area contributed by atoms with Gasteiger partial charge in [0.1, 0.15) is 5.75 Å². The van der Waals surface area contributed by atoms with Crippen molar-refractivity contribution in [3.63, 3.8) is 0 Å². The summed E-state index contributed by atoms with van der Waals surface area (Å²) in [5.41, 5.74) is 4.66. The van der Waals surface area contributed by atoms with Crippen LogP contribution in [0.3, 0.4) is 0 Å². The molecule has 0 atom stereocenters. The molecule has 0 unspecified atom stereocenters. The van der Waals surface area contributed by atoms with Crippen LogP contribution in [0.15, 0.2) is 47.3 Å². The van der Waals surface area contributed by atoms with Crippen LogP contribution in [0.5, 0.6) is 5.75 Å². The van der Waals surface area contributed by atoms with Crippen LogP contribution in [0.2, 0.25) is 0 Å². The fourth-order valence-corrected chi connectivity index (χ4v) is 4.75. The number of morpholine rings is 1. The molecule has 0 bridgehead atoms. The first kappa shape index (κ1) is 25.2. The number of ether oxygens (including phenoxy) is 2. The fourth-order valence-electron chi connectivity index (χ4n) is 4.48. The van der Waals surface area contributed by atoms with Gasteiger partial charge in [-0.1, -0.05) is 6.07 Å². The highest BCUT2D eigenvalue weighted by Gasteiger charge is 2.16. The predicted molar refractivity (Wildman–Crippen MR) is 146 cm³/mol. The van der Waals surface area contributed by atoms with Crippen LogP contribution in [0, 0.1) is 13.8 Å². The number of nitrogens with one attached hydrogen (secondary N) is 2. The predicted octanol–water partition coefficient (Wildman–Crippen LogP) is 4.07. The molecule has 0 saturated carbocycles. The summed E-state index contributed by atoms with van der Waals surface area (Å²) in [5.74, 6) is 0.789. The van der Waals surface area contributed by atoms with Gasteiger partial charge in [0, 0.05) is 48.3 Å². The highest BCUT2D eigenvalue weighted by molar-refractivity contribution is 7.80. The lowest BCUT2D eigenvalue weighted by Gasteiger charge is -2.29. The Morgan fingerprint density at radius 3 is 2.63 bits per heavy atom. The first-order chi connectivity index (χ1) is 16.9. The van der Waals surface area contributed by atoms with Crippen molar-refractivity contribution in [3.8, 4) is 5.75 Å². The van der Waals surface area contributed by atoms with Gasteiger partial charge < -0.3 is 24.7 Å². The Labute approximate surface area is 212 Å². The zero-order chi connectivity index (χ0) is 24.8. The molecule has 2 aromatic carbocycles. The molecule has 4 rings (SSSR count). The lowest BCUT2D eigenvalue weighted by atomic mass is 10.0. The number of aromatic amines is 1. The Morgan fingerprint density at radius 1 is 1.17 bits per heavy atom. The minimum absolute atomic E-state index is 0.0760. The van der Waals surface area contributed by atoms with Gasteiger partial charge >= 0.3 is 0 Å². The van der Waals surface area contributed by atoms with Gasteiger partial charge in [0.25, 0.3) is 5.56 Å². The third-order valence-corrected chi connectivity index (χ3v) is 6.75. The number of aromatic nitrogens is 1. The number of rotatable bonds is 8. The molecular weight excluding hydrogens is 460 g/mol. The molecule has 1 saturated heterocycles. The van der Waals surface area contributed by atoms with Gasteiger partial charge in [0.2, 0.25) is 0 Å². The quantitative estimate of drug-likeness (QED) is 0.458. The number of pyridine rings is 1.